The van der Waals surface area contributed by atoms with Crippen molar-refractivity contribution in [2.75, 3.05) is 5.32 Å². The fraction of sp³-hybridized carbons (Fsp3) is 0.0667. The zero-order valence-corrected chi connectivity index (χ0v) is 13.5. The second kappa shape index (κ2) is 6.36. The van der Waals surface area contributed by atoms with Crippen LogP contribution in [0.25, 0.3) is 5.82 Å². The Kier molecular flexibility index (Phi) is 4.27. The van der Waals surface area contributed by atoms with Gasteiger partial charge in [-0.15, -0.1) is 0 Å². The summed E-state index contributed by atoms with van der Waals surface area (Å²) in [5, 5.41) is 3.42. The topological polar surface area (TPSA) is 72.7 Å². The van der Waals surface area contributed by atoms with Gasteiger partial charge in [-0.25, -0.2) is 15.0 Å². The molecule has 1 N–H and O–H groups in total. The molecule has 6 nitrogen and oxygen atoms in total. The van der Waals surface area contributed by atoms with Crippen LogP contribution in [-0.4, -0.2) is 25.4 Å². The first-order valence-electron chi connectivity index (χ1n) is 6.63. The van der Waals surface area contributed by atoms with Crippen molar-refractivity contribution in [3.63, 3.8) is 0 Å². The average molecular weight is 348 g/mol. The highest BCUT2D eigenvalue weighted by atomic mass is 35.5. The van der Waals surface area contributed by atoms with Crippen molar-refractivity contribution in [2.24, 2.45) is 0 Å². The molecule has 0 unspecified atom stereocenters. The first-order chi connectivity index (χ1) is 11.0. The normalized spacial score (nSPS) is 10.6. The van der Waals surface area contributed by atoms with E-state index >= 15 is 0 Å². The Balaban J connectivity index is 1.87. The molecule has 1 aromatic carbocycles. The molecule has 0 radical (unpaired) electrons. The number of nitrogens with one attached hydrogen (secondary N) is 1. The highest BCUT2D eigenvalue weighted by Gasteiger charge is 2.13. The number of aryl methyl sites for hydroxylation is 1. The van der Waals surface area contributed by atoms with Crippen molar-refractivity contribution in [3.05, 3.63) is 64.4 Å². The number of hydrogen-bond acceptors (Lipinski definition) is 4. The molecule has 2 aromatic heterocycles. The zero-order valence-electron chi connectivity index (χ0n) is 12.0. The minimum Gasteiger partial charge on any atom is -0.306 e. The maximum absolute atomic E-state index is 12.3. The van der Waals surface area contributed by atoms with Gasteiger partial charge in [-0.3, -0.25) is 9.36 Å². The highest BCUT2D eigenvalue weighted by Crippen LogP contribution is 2.21. The van der Waals surface area contributed by atoms with Gasteiger partial charge in [0.05, 0.1) is 10.6 Å². The largest absolute Gasteiger partial charge is 0.306 e. The number of carbonyl (C=O) groups is 1. The molecule has 0 aliphatic rings. The summed E-state index contributed by atoms with van der Waals surface area (Å²) in [6, 6.07) is 6.33. The number of imidazole rings is 1. The molecule has 3 rings (SSSR count). The Morgan fingerprint density at radius 1 is 1.17 bits per heavy atom. The van der Waals surface area contributed by atoms with E-state index in [1.54, 1.807) is 35.2 Å². The number of benzene rings is 1. The summed E-state index contributed by atoms with van der Waals surface area (Å²) in [6.07, 6.45) is 4.81. The monoisotopic (exact) mass is 347 g/mol. The van der Waals surface area contributed by atoms with E-state index in [1.165, 1.54) is 12.4 Å². The maximum Gasteiger partial charge on any atom is 0.258 e. The molecule has 8 heteroatoms. The molecular formula is C15H11Cl2N5O. The first-order valence-corrected chi connectivity index (χ1v) is 7.39. The molecule has 116 valence electrons. The first kappa shape index (κ1) is 15.5. The minimum absolute atomic E-state index is 0.276. The standard InChI is InChI=1S/C15H11Cl2N5O/c1-9-18-4-5-22(9)14-7-13(19-8-20-14)21-15(23)11-6-10(16)2-3-12(11)17/h2-8H,1H3,(H,19,20,21,23). The van der Waals surface area contributed by atoms with Gasteiger partial charge >= 0.3 is 0 Å². The molecule has 0 fully saturated rings. The van der Waals surface area contributed by atoms with Gasteiger partial charge in [-0.2, -0.15) is 0 Å². The second-order valence-electron chi connectivity index (χ2n) is 4.68. The van der Waals surface area contributed by atoms with E-state index in [-0.39, 0.29) is 5.56 Å². The van der Waals surface area contributed by atoms with Crippen molar-refractivity contribution in [2.45, 2.75) is 6.92 Å². The molecule has 0 saturated heterocycles. The summed E-state index contributed by atoms with van der Waals surface area (Å²) in [4.78, 5) is 24.7. The van der Waals surface area contributed by atoms with E-state index in [1.807, 2.05) is 6.92 Å². The summed E-state index contributed by atoms with van der Waals surface area (Å²) in [5.41, 5.74) is 0.276. The lowest BCUT2D eigenvalue weighted by molar-refractivity contribution is 0.102. The zero-order chi connectivity index (χ0) is 16.4. The quantitative estimate of drug-likeness (QED) is 0.786. The van der Waals surface area contributed by atoms with Crippen LogP contribution in [-0.2, 0) is 0 Å². The number of aromatic nitrogens is 4. The molecule has 23 heavy (non-hydrogen) atoms. The number of halogens is 2. The fourth-order valence-corrected chi connectivity index (χ4v) is 2.40. The van der Waals surface area contributed by atoms with Crippen molar-refractivity contribution < 1.29 is 4.79 Å². The third kappa shape index (κ3) is 3.33. The SMILES string of the molecule is Cc1nccn1-c1cc(NC(=O)c2cc(Cl)ccc2Cl)ncn1. The molecule has 3 aromatic rings. The lowest BCUT2D eigenvalue weighted by atomic mass is 10.2. The molecule has 0 bridgehead atoms. The van der Waals surface area contributed by atoms with Crippen LogP contribution in [0.3, 0.4) is 0 Å². The molecular weight excluding hydrogens is 337 g/mol. The number of carbonyl (C=O) groups excluding carboxylic acids is 1. The van der Waals surface area contributed by atoms with Crippen LogP contribution >= 0.6 is 23.2 Å². The Morgan fingerprint density at radius 2 is 2.00 bits per heavy atom. The van der Waals surface area contributed by atoms with Gasteiger partial charge in [0.25, 0.3) is 5.91 Å². The smallest absolute Gasteiger partial charge is 0.258 e. The third-order valence-corrected chi connectivity index (χ3v) is 3.70. The van der Waals surface area contributed by atoms with Gasteiger partial charge in [-0.05, 0) is 25.1 Å². The lowest BCUT2D eigenvalue weighted by Gasteiger charge is -2.08. The molecule has 0 aliphatic heterocycles. The van der Waals surface area contributed by atoms with E-state index in [0.717, 1.165) is 5.82 Å². The van der Waals surface area contributed by atoms with Crippen LogP contribution in [0.5, 0.6) is 0 Å². The number of rotatable bonds is 3. The van der Waals surface area contributed by atoms with Crippen molar-refractivity contribution in [1.29, 1.82) is 0 Å². The van der Waals surface area contributed by atoms with Gasteiger partial charge < -0.3 is 5.32 Å². The molecule has 0 saturated carbocycles. The maximum atomic E-state index is 12.3. The predicted molar refractivity (Wildman–Crippen MR) is 88.3 cm³/mol. The van der Waals surface area contributed by atoms with Gasteiger partial charge in [0.15, 0.2) is 0 Å². The Morgan fingerprint density at radius 3 is 2.74 bits per heavy atom. The van der Waals surface area contributed by atoms with Crippen LogP contribution in [0, 0.1) is 6.92 Å². The second-order valence-corrected chi connectivity index (χ2v) is 5.53. The Hall–Kier alpha value is -2.44. The Bertz CT molecular complexity index is 878. The minimum atomic E-state index is -0.399. The van der Waals surface area contributed by atoms with E-state index in [2.05, 4.69) is 20.3 Å². The van der Waals surface area contributed by atoms with E-state index < -0.39 is 5.91 Å². The number of anilines is 1. The van der Waals surface area contributed by atoms with E-state index in [0.29, 0.717) is 21.7 Å². The molecule has 0 atom stereocenters. The van der Waals surface area contributed by atoms with Crippen LogP contribution in [0.2, 0.25) is 10.0 Å². The van der Waals surface area contributed by atoms with E-state index in [4.69, 9.17) is 23.2 Å². The van der Waals surface area contributed by atoms with Crippen LogP contribution < -0.4 is 5.32 Å². The predicted octanol–water partition coefficient (Wildman–Crippen LogP) is 3.53. The number of hydrogen-bond donors (Lipinski definition) is 1. The third-order valence-electron chi connectivity index (χ3n) is 3.14. The molecule has 0 aliphatic carbocycles. The van der Waals surface area contributed by atoms with E-state index in [9.17, 15) is 4.79 Å². The van der Waals surface area contributed by atoms with Crippen molar-refractivity contribution in [1.82, 2.24) is 19.5 Å². The average Bonchev–Trinajstić information content (AvgIpc) is 2.96. The summed E-state index contributed by atoms with van der Waals surface area (Å²) in [6.45, 7) is 1.85. The molecule has 1 amide bonds. The summed E-state index contributed by atoms with van der Waals surface area (Å²) in [5.74, 6) is 1.33. The number of amides is 1. The number of nitrogens with zero attached hydrogens (tertiary/aromatic N) is 4. The Labute approximate surface area is 142 Å². The van der Waals surface area contributed by atoms with Gasteiger partial charge in [0.1, 0.15) is 23.8 Å². The summed E-state index contributed by atoms with van der Waals surface area (Å²) >= 11 is 11.9. The van der Waals surface area contributed by atoms with Crippen LogP contribution in [0.15, 0.2) is 43.0 Å². The summed E-state index contributed by atoms with van der Waals surface area (Å²) in [7, 11) is 0. The fourth-order valence-electron chi connectivity index (χ4n) is 2.02. The molecule has 2 heterocycles. The van der Waals surface area contributed by atoms with Crippen LogP contribution in [0.1, 0.15) is 16.2 Å². The van der Waals surface area contributed by atoms with Crippen LogP contribution in [0.4, 0.5) is 5.82 Å². The summed E-state index contributed by atoms with van der Waals surface area (Å²) < 4.78 is 1.78. The molecule has 0 spiro atoms. The van der Waals surface area contributed by atoms with Gasteiger partial charge in [0, 0.05) is 23.5 Å². The highest BCUT2D eigenvalue weighted by molar-refractivity contribution is 6.36. The van der Waals surface area contributed by atoms with Crippen molar-refractivity contribution >= 4 is 34.9 Å². The van der Waals surface area contributed by atoms with Gasteiger partial charge in [0.2, 0.25) is 0 Å². The van der Waals surface area contributed by atoms with Crippen molar-refractivity contribution in [3.8, 4) is 5.82 Å². The lowest BCUT2D eigenvalue weighted by Crippen LogP contribution is -2.14. The van der Waals surface area contributed by atoms with Gasteiger partial charge in [-0.1, -0.05) is 23.2 Å².